The lowest BCUT2D eigenvalue weighted by Crippen LogP contribution is -2.34. The van der Waals surface area contributed by atoms with Crippen LogP contribution in [0.1, 0.15) is 15.9 Å². The first-order valence-corrected chi connectivity index (χ1v) is 6.35. The average Bonchev–Trinajstić information content (AvgIpc) is 2.74. The molecule has 2 aromatic rings. The molecule has 106 valence electrons. The molecule has 0 fully saturated rings. The highest BCUT2D eigenvalue weighted by atomic mass is 35.5. The van der Waals surface area contributed by atoms with Gasteiger partial charge in [0.05, 0.1) is 11.8 Å². The topological polar surface area (TPSA) is 50.2 Å². The second kappa shape index (κ2) is 6.07. The summed E-state index contributed by atoms with van der Waals surface area (Å²) in [5, 5.41) is 7.40. The fourth-order valence-electron chi connectivity index (χ4n) is 2.36. The predicted octanol–water partition coefficient (Wildman–Crippen LogP) is 1.59. The number of hydrogen-bond acceptors (Lipinski definition) is 3. The molecule has 6 heteroatoms. The summed E-state index contributed by atoms with van der Waals surface area (Å²) >= 11 is 0. The number of para-hydroxylation sites is 1. The molecule has 1 aromatic carbocycles. The Bertz CT molecular complexity index is 611. The third-order valence-electron chi connectivity index (χ3n) is 3.31. The number of rotatable bonds is 1. The minimum absolute atomic E-state index is 0. The number of anilines is 1. The standard InChI is InChI=1S/C14H16N4O.ClH/c1-17-10-12(9-16-17)14(19)18-7-6-15-8-11-4-2-3-5-13(11)18;/h2-5,9-10,15H,6-8H2,1H3;1H. The summed E-state index contributed by atoms with van der Waals surface area (Å²) in [6, 6.07) is 8.01. The number of halogens is 1. The molecule has 20 heavy (non-hydrogen) atoms. The Labute approximate surface area is 124 Å². The number of aryl methyl sites for hydroxylation is 1. The maximum Gasteiger partial charge on any atom is 0.261 e. The molecule has 1 aromatic heterocycles. The number of nitrogens with one attached hydrogen (secondary N) is 1. The molecule has 0 radical (unpaired) electrons. The van der Waals surface area contributed by atoms with Gasteiger partial charge in [-0.2, -0.15) is 5.10 Å². The molecule has 5 nitrogen and oxygen atoms in total. The van der Waals surface area contributed by atoms with Gasteiger partial charge in [-0.3, -0.25) is 9.48 Å². The Hall–Kier alpha value is -1.85. The first-order chi connectivity index (χ1) is 9.25. The summed E-state index contributed by atoms with van der Waals surface area (Å²) < 4.78 is 1.65. The number of fused-ring (bicyclic) bond motifs is 1. The molecule has 0 atom stereocenters. The Morgan fingerprint density at radius 1 is 1.35 bits per heavy atom. The van der Waals surface area contributed by atoms with Crippen LogP contribution in [0.25, 0.3) is 0 Å². The molecule has 0 bridgehead atoms. The zero-order valence-electron chi connectivity index (χ0n) is 11.2. The van der Waals surface area contributed by atoms with E-state index >= 15 is 0 Å². The molecule has 1 aliphatic rings. The largest absolute Gasteiger partial charge is 0.311 e. The van der Waals surface area contributed by atoms with Crippen LogP contribution >= 0.6 is 12.4 Å². The summed E-state index contributed by atoms with van der Waals surface area (Å²) in [5.74, 6) is 0.00394. The summed E-state index contributed by atoms with van der Waals surface area (Å²) in [7, 11) is 1.81. The Morgan fingerprint density at radius 2 is 2.15 bits per heavy atom. The van der Waals surface area contributed by atoms with Gasteiger partial charge >= 0.3 is 0 Å². The average molecular weight is 293 g/mol. The summed E-state index contributed by atoms with van der Waals surface area (Å²) in [5.41, 5.74) is 2.76. The highest BCUT2D eigenvalue weighted by Crippen LogP contribution is 2.23. The normalized spacial score (nSPS) is 14.2. The fraction of sp³-hybridized carbons (Fsp3) is 0.286. The van der Waals surface area contributed by atoms with Crippen LogP contribution in [-0.2, 0) is 13.6 Å². The lowest BCUT2D eigenvalue weighted by atomic mass is 10.1. The van der Waals surface area contributed by atoms with E-state index in [1.165, 1.54) is 0 Å². The van der Waals surface area contributed by atoms with Gasteiger partial charge in [0.15, 0.2) is 0 Å². The van der Waals surface area contributed by atoms with Crippen LogP contribution in [-0.4, -0.2) is 28.8 Å². The molecule has 1 aliphatic heterocycles. The molecule has 1 N–H and O–H groups in total. The van der Waals surface area contributed by atoms with Crippen molar-refractivity contribution in [2.24, 2.45) is 7.05 Å². The zero-order valence-corrected chi connectivity index (χ0v) is 12.1. The van der Waals surface area contributed by atoms with Crippen molar-refractivity contribution in [2.45, 2.75) is 6.54 Å². The van der Waals surface area contributed by atoms with Crippen molar-refractivity contribution in [1.29, 1.82) is 0 Å². The number of carbonyl (C=O) groups excluding carboxylic acids is 1. The van der Waals surface area contributed by atoms with Crippen molar-refractivity contribution in [3.05, 3.63) is 47.8 Å². The minimum atomic E-state index is 0. The maximum absolute atomic E-state index is 12.6. The minimum Gasteiger partial charge on any atom is -0.311 e. The summed E-state index contributed by atoms with van der Waals surface area (Å²) in [6.07, 6.45) is 3.37. The highest BCUT2D eigenvalue weighted by molar-refractivity contribution is 6.06. The summed E-state index contributed by atoms with van der Waals surface area (Å²) in [4.78, 5) is 14.4. The first kappa shape index (κ1) is 14.6. The molecule has 0 unspecified atom stereocenters. The number of amides is 1. The molecular formula is C14H17ClN4O. The van der Waals surface area contributed by atoms with Crippen LogP contribution in [0.2, 0.25) is 0 Å². The second-order valence-corrected chi connectivity index (χ2v) is 4.66. The molecule has 0 aliphatic carbocycles. The van der Waals surface area contributed by atoms with Crippen molar-refractivity contribution in [3.8, 4) is 0 Å². The van der Waals surface area contributed by atoms with Crippen LogP contribution in [0.5, 0.6) is 0 Å². The molecule has 2 heterocycles. The van der Waals surface area contributed by atoms with E-state index in [9.17, 15) is 4.79 Å². The van der Waals surface area contributed by atoms with E-state index in [0.29, 0.717) is 12.1 Å². The monoisotopic (exact) mass is 292 g/mol. The van der Waals surface area contributed by atoms with Gasteiger partial charge in [0.2, 0.25) is 0 Å². The Kier molecular flexibility index (Phi) is 4.42. The third kappa shape index (κ3) is 2.69. The van der Waals surface area contributed by atoms with Crippen LogP contribution < -0.4 is 10.2 Å². The van der Waals surface area contributed by atoms with Gasteiger partial charge in [0.25, 0.3) is 5.91 Å². The molecule has 1 amide bonds. The van der Waals surface area contributed by atoms with Gasteiger partial charge in [-0.05, 0) is 11.6 Å². The highest BCUT2D eigenvalue weighted by Gasteiger charge is 2.22. The van der Waals surface area contributed by atoms with E-state index in [4.69, 9.17) is 0 Å². The first-order valence-electron chi connectivity index (χ1n) is 6.35. The maximum atomic E-state index is 12.6. The van der Waals surface area contributed by atoms with E-state index in [0.717, 1.165) is 24.3 Å². The predicted molar refractivity (Wildman–Crippen MR) is 80.3 cm³/mol. The number of aromatic nitrogens is 2. The van der Waals surface area contributed by atoms with Gasteiger partial charge in [0.1, 0.15) is 0 Å². The fourth-order valence-corrected chi connectivity index (χ4v) is 2.36. The van der Waals surface area contributed by atoms with E-state index < -0.39 is 0 Å². The van der Waals surface area contributed by atoms with Gasteiger partial charge in [0, 0.05) is 38.6 Å². The van der Waals surface area contributed by atoms with Crippen LogP contribution in [0.4, 0.5) is 5.69 Å². The third-order valence-corrected chi connectivity index (χ3v) is 3.31. The van der Waals surface area contributed by atoms with Gasteiger partial charge in [-0.1, -0.05) is 18.2 Å². The SMILES string of the molecule is Cl.Cn1cc(C(=O)N2CCNCc3ccccc32)cn1. The lowest BCUT2D eigenvalue weighted by Gasteiger charge is -2.21. The molecule has 0 saturated carbocycles. The smallest absolute Gasteiger partial charge is 0.261 e. The van der Waals surface area contributed by atoms with E-state index in [-0.39, 0.29) is 18.3 Å². The van der Waals surface area contributed by atoms with Crippen LogP contribution in [0.15, 0.2) is 36.7 Å². The van der Waals surface area contributed by atoms with Crippen molar-refractivity contribution < 1.29 is 4.79 Å². The van der Waals surface area contributed by atoms with E-state index in [2.05, 4.69) is 16.5 Å². The molecule has 0 spiro atoms. The van der Waals surface area contributed by atoms with Crippen LogP contribution in [0.3, 0.4) is 0 Å². The Balaban J connectivity index is 0.00000147. The number of nitrogens with zero attached hydrogens (tertiary/aromatic N) is 3. The molecular weight excluding hydrogens is 276 g/mol. The summed E-state index contributed by atoms with van der Waals surface area (Å²) in [6.45, 7) is 2.26. The van der Waals surface area contributed by atoms with Gasteiger partial charge < -0.3 is 10.2 Å². The number of hydrogen-bond donors (Lipinski definition) is 1. The van der Waals surface area contributed by atoms with Crippen LogP contribution in [0, 0.1) is 0 Å². The lowest BCUT2D eigenvalue weighted by molar-refractivity contribution is 0.0987. The van der Waals surface area contributed by atoms with Crippen molar-refractivity contribution in [3.63, 3.8) is 0 Å². The second-order valence-electron chi connectivity index (χ2n) is 4.66. The number of carbonyl (C=O) groups is 1. The Morgan fingerprint density at radius 3 is 2.90 bits per heavy atom. The van der Waals surface area contributed by atoms with Crippen molar-refractivity contribution in [1.82, 2.24) is 15.1 Å². The van der Waals surface area contributed by atoms with E-state index in [1.807, 2.05) is 30.1 Å². The van der Waals surface area contributed by atoms with Gasteiger partial charge in [-0.25, -0.2) is 0 Å². The number of benzene rings is 1. The van der Waals surface area contributed by atoms with Crippen molar-refractivity contribution >= 4 is 24.0 Å². The van der Waals surface area contributed by atoms with Crippen molar-refractivity contribution in [2.75, 3.05) is 18.0 Å². The van der Waals surface area contributed by atoms with Gasteiger partial charge in [-0.15, -0.1) is 12.4 Å². The molecule has 0 saturated heterocycles. The molecule has 3 rings (SSSR count). The van der Waals surface area contributed by atoms with E-state index in [1.54, 1.807) is 17.1 Å². The zero-order chi connectivity index (χ0) is 13.2. The quantitative estimate of drug-likeness (QED) is 0.868.